The van der Waals surface area contributed by atoms with Gasteiger partial charge in [-0.15, -0.1) is 11.3 Å². The van der Waals surface area contributed by atoms with E-state index in [2.05, 4.69) is 4.72 Å². The SMILES string of the molecule is O=C(O)c1ccc(S(=O)(=O)NCC2(CO)CC2)s1. The van der Waals surface area contributed by atoms with E-state index in [1.807, 2.05) is 0 Å². The second-order valence-electron chi connectivity index (χ2n) is 4.41. The number of thiophene rings is 1. The van der Waals surface area contributed by atoms with Crippen molar-refractivity contribution in [2.75, 3.05) is 13.2 Å². The van der Waals surface area contributed by atoms with Crippen LogP contribution in [-0.4, -0.2) is 37.8 Å². The topological polar surface area (TPSA) is 104 Å². The maximum atomic E-state index is 11.9. The second kappa shape index (κ2) is 4.61. The predicted molar refractivity (Wildman–Crippen MR) is 65.2 cm³/mol. The lowest BCUT2D eigenvalue weighted by atomic mass is 10.1. The van der Waals surface area contributed by atoms with Crippen LogP contribution in [-0.2, 0) is 10.0 Å². The molecule has 1 saturated carbocycles. The van der Waals surface area contributed by atoms with E-state index in [1.54, 1.807) is 0 Å². The van der Waals surface area contributed by atoms with Crippen molar-refractivity contribution in [2.24, 2.45) is 5.41 Å². The molecule has 2 rings (SSSR count). The molecule has 0 bridgehead atoms. The molecule has 0 saturated heterocycles. The first-order valence-corrected chi connectivity index (χ1v) is 7.62. The number of hydrogen-bond acceptors (Lipinski definition) is 5. The van der Waals surface area contributed by atoms with Crippen molar-refractivity contribution in [1.82, 2.24) is 4.72 Å². The van der Waals surface area contributed by atoms with Crippen LogP contribution >= 0.6 is 11.3 Å². The molecular weight excluding hydrogens is 278 g/mol. The fourth-order valence-electron chi connectivity index (χ4n) is 1.47. The van der Waals surface area contributed by atoms with Crippen LogP contribution in [0.4, 0.5) is 0 Å². The summed E-state index contributed by atoms with van der Waals surface area (Å²) in [7, 11) is -3.68. The second-order valence-corrected chi connectivity index (χ2v) is 7.48. The highest BCUT2D eigenvalue weighted by molar-refractivity contribution is 7.91. The summed E-state index contributed by atoms with van der Waals surface area (Å²) in [6.45, 7) is 0.145. The maximum absolute atomic E-state index is 11.9. The van der Waals surface area contributed by atoms with Crippen LogP contribution in [0, 0.1) is 5.41 Å². The minimum atomic E-state index is -3.68. The van der Waals surface area contributed by atoms with Crippen molar-refractivity contribution in [3.05, 3.63) is 17.0 Å². The van der Waals surface area contributed by atoms with E-state index in [4.69, 9.17) is 10.2 Å². The Bertz CT molecular complexity index is 559. The summed E-state index contributed by atoms with van der Waals surface area (Å²) >= 11 is 0.714. The Morgan fingerprint density at radius 3 is 2.56 bits per heavy atom. The fourth-order valence-corrected chi connectivity index (χ4v) is 3.81. The summed E-state index contributed by atoms with van der Waals surface area (Å²) in [6, 6.07) is 2.54. The van der Waals surface area contributed by atoms with Crippen LogP contribution in [0.1, 0.15) is 22.5 Å². The number of carboxylic acid groups (broad SMARTS) is 1. The number of carboxylic acids is 1. The average molecular weight is 291 g/mol. The van der Waals surface area contributed by atoms with E-state index in [0.717, 1.165) is 12.8 Å². The smallest absolute Gasteiger partial charge is 0.345 e. The Hall–Kier alpha value is -0.960. The van der Waals surface area contributed by atoms with E-state index < -0.39 is 16.0 Å². The summed E-state index contributed by atoms with van der Waals surface area (Å²) in [5.41, 5.74) is -0.319. The molecule has 0 radical (unpaired) electrons. The molecule has 1 heterocycles. The molecule has 1 aromatic rings. The first-order chi connectivity index (χ1) is 8.38. The molecule has 0 aromatic carbocycles. The van der Waals surface area contributed by atoms with Crippen molar-refractivity contribution in [2.45, 2.75) is 17.1 Å². The van der Waals surface area contributed by atoms with E-state index in [1.165, 1.54) is 12.1 Å². The van der Waals surface area contributed by atoms with Crippen LogP contribution in [0.2, 0.25) is 0 Å². The molecule has 0 spiro atoms. The summed E-state index contributed by atoms with van der Waals surface area (Å²) in [6.07, 6.45) is 1.60. The molecule has 0 atom stereocenters. The number of sulfonamides is 1. The van der Waals surface area contributed by atoms with Gasteiger partial charge in [0.05, 0.1) is 0 Å². The zero-order chi connectivity index (χ0) is 13.4. The van der Waals surface area contributed by atoms with Crippen LogP contribution in [0.25, 0.3) is 0 Å². The highest BCUT2D eigenvalue weighted by atomic mass is 32.2. The minimum absolute atomic E-state index is 0.0151. The molecular formula is C10H13NO5S2. The number of hydrogen-bond donors (Lipinski definition) is 3. The Labute approximate surface area is 108 Å². The number of aliphatic hydroxyl groups excluding tert-OH is 1. The Morgan fingerprint density at radius 1 is 1.44 bits per heavy atom. The normalized spacial score (nSPS) is 17.6. The molecule has 18 heavy (non-hydrogen) atoms. The van der Waals surface area contributed by atoms with Crippen LogP contribution in [0.3, 0.4) is 0 Å². The van der Waals surface area contributed by atoms with Gasteiger partial charge in [-0.25, -0.2) is 17.9 Å². The van der Waals surface area contributed by atoms with Gasteiger partial charge in [0.1, 0.15) is 9.09 Å². The number of carbonyl (C=O) groups is 1. The molecule has 1 aliphatic carbocycles. The molecule has 6 nitrogen and oxygen atoms in total. The Balaban J connectivity index is 2.08. The standard InChI is InChI=1S/C10H13NO5S2/c12-6-10(3-4-10)5-11-18(15,16)8-2-1-7(17-8)9(13)14/h1-2,11-12H,3-6H2,(H,13,14). The minimum Gasteiger partial charge on any atom is -0.477 e. The summed E-state index contributed by atoms with van der Waals surface area (Å²) in [5, 5.41) is 17.8. The Kier molecular flexibility index (Phi) is 3.45. The summed E-state index contributed by atoms with van der Waals surface area (Å²) in [4.78, 5) is 10.7. The van der Waals surface area contributed by atoms with Crippen LogP contribution < -0.4 is 4.72 Å². The van der Waals surface area contributed by atoms with Crippen molar-refractivity contribution in [3.63, 3.8) is 0 Å². The van der Waals surface area contributed by atoms with Crippen molar-refractivity contribution >= 4 is 27.3 Å². The van der Waals surface area contributed by atoms with Gasteiger partial charge in [0.2, 0.25) is 10.0 Å². The number of aliphatic hydroxyl groups is 1. The molecule has 100 valence electrons. The molecule has 1 aromatic heterocycles. The fraction of sp³-hybridized carbons (Fsp3) is 0.500. The summed E-state index contributed by atoms with van der Waals surface area (Å²) < 4.78 is 26.2. The van der Waals surface area contributed by atoms with Crippen molar-refractivity contribution < 1.29 is 23.4 Å². The lowest BCUT2D eigenvalue weighted by Crippen LogP contribution is -2.31. The third kappa shape index (κ3) is 2.72. The zero-order valence-corrected chi connectivity index (χ0v) is 11.1. The van der Waals surface area contributed by atoms with E-state index in [-0.39, 0.29) is 27.7 Å². The molecule has 0 amide bonds. The monoisotopic (exact) mass is 291 g/mol. The van der Waals surface area contributed by atoms with Gasteiger partial charge >= 0.3 is 5.97 Å². The summed E-state index contributed by atoms with van der Waals surface area (Å²) in [5.74, 6) is -1.14. The quantitative estimate of drug-likeness (QED) is 0.708. The van der Waals surface area contributed by atoms with Gasteiger partial charge in [-0.1, -0.05) is 0 Å². The largest absolute Gasteiger partial charge is 0.477 e. The molecule has 3 N–H and O–H groups in total. The van der Waals surface area contributed by atoms with Gasteiger partial charge < -0.3 is 10.2 Å². The highest BCUT2D eigenvalue weighted by Crippen LogP contribution is 2.44. The van der Waals surface area contributed by atoms with Gasteiger partial charge in [-0.2, -0.15) is 0 Å². The van der Waals surface area contributed by atoms with E-state index in [0.29, 0.717) is 11.3 Å². The highest BCUT2D eigenvalue weighted by Gasteiger charge is 2.42. The molecule has 8 heteroatoms. The maximum Gasteiger partial charge on any atom is 0.345 e. The number of rotatable bonds is 6. The van der Waals surface area contributed by atoms with Crippen LogP contribution in [0.5, 0.6) is 0 Å². The lowest BCUT2D eigenvalue weighted by molar-refractivity contribution is 0.0702. The predicted octanol–water partition coefficient (Wildman–Crippen LogP) is 0.497. The average Bonchev–Trinajstić information content (AvgIpc) is 2.91. The van der Waals surface area contributed by atoms with Gasteiger partial charge in [0, 0.05) is 18.6 Å². The van der Waals surface area contributed by atoms with Crippen molar-refractivity contribution in [3.8, 4) is 0 Å². The van der Waals surface area contributed by atoms with Gasteiger partial charge in [0.25, 0.3) is 0 Å². The van der Waals surface area contributed by atoms with Gasteiger partial charge in [-0.05, 0) is 25.0 Å². The Morgan fingerprint density at radius 2 is 2.11 bits per heavy atom. The molecule has 0 unspecified atom stereocenters. The number of nitrogens with one attached hydrogen (secondary N) is 1. The van der Waals surface area contributed by atoms with Crippen LogP contribution in [0.15, 0.2) is 16.3 Å². The van der Waals surface area contributed by atoms with Gasteiger partial charge in [0.15, 0.2) is 0 Å². The first-order valence-electron chi connectivity index (χ1n) is 5.32. The van der Waals surface area contributed by atoms with E-state index in [9.17, 15) is 13.2 Å². The first kappa shape index (κ1) is 13.5. The molecule has 1 aliphatic rings. The van der Waals surface area contributed by atoms with Crippen molar-refractivity contribution in [1.29, 1.82) is 0 Å². The third-order valence-electron chi connectivity index (χ3n) is 2.99. The van der Waals surface area contributed by atoms with Gasteiger partial charge in [-0.3, -0.25) is 0 Å². The lowest BCUT2D eigenvalue weighted by Gasteiger charge is -2.12. The zero-order valence-electron chi connectivity index (χ0n) is 9.42. The molecule has 0 aliphatic heterocycles. The third-order valence-corrected chi connectivity index (χ3v) is 5.95. The molecule has 1 fully saturated rings. The number of aromatic carboxylic acids is 1. The van der Waals surface area contributed by atoms with E-state index >= 15 is 0 Å².